The number of nitrogens with one attached hydrogen (secondary N) is 1. The molecule has 1 aromatic carbocycles. The van der Waals surface area contributed by atoms with E-state index in [1.165, 1.54) is 37.1 Å². The number of carbonyl (C=O) groups excluding carboxylic acids is 3. The number of carbonyl (C=O) groups is 3. The first kappa shape index (κ1) is 22.4. The second-order valence-electron chi connectivity index (χ2n) is 10.6. The number of hydrogen-bond donors (Lipinski definition) is 2. The number of benzene rings is 1. The summed E-state index contributed by atoms with van der Waals surface area (Å²) in [6, 6.07) is 3.06. The quantitative estimate of drug-likeness (QED) is 0.684. The number of nitrogens with zero attached hydrogens (tertiary/aromatic N) is 2. The van der Waals surface area contributed by atoms with Crippen LogP contribution in [0.15, 0.2) is 12.1 Å². The Bertz CT molecular complexity index is 945. The summed E-state index contributed by atoms with van der Waals surface area (Å²) in [5.74, 6) is 1.26. The number of imide groups is 1. The molecule has 2 N–H and O–H groups in total. The van der Waals surface area contributed by atoms with Crippen LogP contribution < -0.4 is 5.32 Å². The van der Waals surface area contributed by atoms with Crippen molar-refractivity contribution in [1.82, 2.24) is 15.1 Å². The molecule has 0 radical (unpaired) electrons. The summed E-state index contributed by atoms with van der Waals surface area (Å²) in [6.45, 7) is 5.88. The van der Waals surface area contributed by atoms with Crippen LogP contribution in [0, 0.1) is 11.8 Å². The number of hydrogen-bond acceptors (Lipinski definition) is 5. The van der Waals surface area contributed by atoms with Crippen molar-refractivity contribution in [2.75, 3.05) is 19.6 Å². The topological polar surface area (TPSA) is 89.9 Å². The highest BCUT2D eigenvalue weighted by Gasteiger charge is 2.41. The van der Waals surface area contributed by atoms with Crippen molar-refractivity contribution in [3.8, 4) is 5.75 Å². The second-order valence-corrected chi connectivity index (χ2v) is 10.6. The molecule has 7 heteroatoms. The minimum atomic E-state index is -0.656. The van der Waals surface area contributed by atoms with Gasteiger partial charge in [-0.15, -0.1) is 0 Å². The zero-order valence-electron chi connectivity index (χ0n) is 19.5. The van der Waals surface area contributed by atoms with Crippen molar-refractivity contribution >= 4 is 17.7 Å². The van der Waals surface area contributed by atoms with Gasteiger partial charge in [-0.3, -0.25) is 19.7 Å². The number of fused-ring (bicyclic) bond motifs is 1. The predicted octanol–water partition coefficient (Wildman–Crippen LogP) is 3.16. The van der Waals surface area contributed by atoms with Crippen LogP contribution in [-0.2, 0) is 16.1 Å². The molecule has 1 saturated carbocycles. The maximum absolute atomic E-state index is 13.0. The number of phenolic OH excluding ortho intramolecular Hbond substituents is 1. The van der Waals surface area contributed by atoms with Crippen LogP contribution in [0.3, 0.4) is 0 Å². The fourth-order valence-electron chi connectivity index (χ4n) is 6.28. The van der Waals surface area contributed by atoms with Gasteiger partial charge in [0, 0.05) is 24.1 Å². The lowest BCUT2D eigenvalue weighted by atomic mass is 9.82. The van der Waals surface area contributed by atoms with E-state index < -0.39 is 11.9 Å². The molecule has 1 atom stereocenters. The van der Waals surface area contributed by atoms with Crippen molar-refractivity contribution in [2.45, 2.75) is 76.8 Å². The lowest BCUT2D eigenvalue weighted by molar-refractivity contribution is -0.136. The van der Waals surface area contributed by atoms with Crippen molar-refractivity contribution in [3.63, 3.8) is 0 Å². The molecule has 0 spiro atoms. The van der Waals surface area contributed by atoms with Crippen molar-refractivity contribution in [3.05, 3.63) is 28.8 Å². The van der Waals surface area contributed by atoms with E-state index in [0.29, 0.717) is 17.5 Å². The number of phenols is 1. The number of likely N-dealkylation sites (tertiary alicyclic amines) is 1. The second kappa shape index (κ2) is 9.09. The molecule has 33 heavy (non-hydrogen) atoms. The molecular weight excluding hydrogens is 418 g/mol. The number of rotatable bonds is 4. The third kappa shape index (κ3) is 4.39. The van der Waals surface area contributed by atoms with Crippen molar-refractivity contribution < 1.29 is 19.5 Å². The zero-order valence-corrected chi connectivity index (χ0v) is 19.5. The van der Waals surface area contributed by atoms with E-state index in [-0.39, 0.29) is 36.4 Å². The Morgan fingerprint density at radius 1 is 1.00 bits per heavy atom. The molecule has 178 valence electrons. The van der Waals surface area contributed by atoms with Crippen molar-refractivity contribution in [1.29, 1.82) is 0 Å². The van der Waals surface area contributed by atoms with E-state index in [0.717, 1.165) is 43.3 Å². The molecule has 7 nitrogen and oxygen atoms in total. The number of piperidine rings is 2. The van der Waals surface area contributed by atoms with Gasteiger partial charge in [0.05, 0.1) is 6.54 Å². The maximum Gasteiger partial charge on any atom is 0.255 e. The maximum atomic E-state index is 13.0. The van der Waals surface area contributed by atoms with Crippen LogP contribution >= 0.6 is 0 Å². The third-order valence-electron chi connectivity index (χ3n) is 8.40. The van der Waals surface area contributed by atoms with Gasteiger partial charge in [-0.05, 0) is 74.6 Å². The van der Waals surface area contributed by atoms with Crippen LogP contribution in [-0.4, -0.2) is 58.3 Å². The van der Waals surface area contributed by atoms with Gasteiger partial charge in [0.1, 0.15) is 11.8 Å². The monoisotopic (exact) mass is 453 g/mol. The van der Waals surface area contributed by atoms with E-state index in [9.17, 15) is 19.5 Å². The SMILES string of the molecule is CC1CCC(CN2CCC(c3ccc4c(c3O)CN(C3CCC(=O)NC3=O)C4=O)CC2)CC1. The highest BCUT2D eigenvalue weighted by Crippen LogP contribution is 2.41. The molecule has 3 aliphatic heterocycles. The lowest BCUT2D eigenvalue weighted by Gasteiger charge is -2.36. The first-order chi connectivity index (χ1) is 15.9. The van der Waals surface area contributed by atoms with Crippen LogP contribution in [0.5, 0.6) is 5.75 Å². The third-order valence-corrected chi connectivity index (χ3v) is 8.40. The van der Waals surface area contributed by atoms with Gasteiger partial charge in [-0.25, -0.2) is 0 Å². The summed E-state index contributed by atoms with van der Waals surface area (Å²) in [5.41, 5.74) is 2.03. The molecule has 1 unspecified atom stereocenters. The van der Waals surface area contributed by atoms with Gasteiger partial charge in [-0.1, -0.05) is 25.8 Å². The Kier molecular flexibility index (Phi) is 6.16. The van der Waals surface area contributed by atoms with Gasteiger partial charge < -0.3 is 14.9 Å². The Hall–Kier alpha value is -2.41. The molecule has 3 amide bonds. The Morgan fingerprint density at radius 3 is 2.42 bits per heavy atom. The summed E-state index contributed by atoms with van der Waals surface area (Å²) in [4.78, 5) is 40.8. The Balaban J connectivity index is 1.23. The molecule has 1 aliphatic carbocycles. The summed E-state index contributed by atoms with van der Waals surface area (Å²) >= 11 is 0. The van der Waals surface area contributed by atoms with Crippen LogP contribution in [0.25, 0.3) is 0 Å². The molecule has 0 aromatic heterocycles. The number of aromatic hydroxyl groups is 1. The number of amides is 3. The van der Waals surface area contributed by atoms with Gasteiger partial charge in [0.2, 0.25) is 11.8 Å². The zero-order chi connectivity index (χ0) is 23.1. The average molecular weight is 454 g/mol. The highest BCUT2D eigenvalue weighted by molar-refractivity contribution is 6.05. The molecule has 4 aliphatic rings. The van der Waals surface area contributed by atoms with E-state index >= 15 is 0 Å². The molecule has 1 aromatic rings. The van der Waals surface area contributed by atoms with Crippen LogP contribution in [0.4, 0.5) is 0 Å². The van der Waals surface area contributed by atoms with Crippen LogP contribution in [0.2, 0.25) is 0 Å². The Labute approximate surface area is 195 Å². The predicted molar refractivity (Wildman–Crippen MR) is 124 cm³/mol. The molecule has 5 rings (SSSR count). The van der Waals surface area contributed by atoms with Crippen molar-refractivity contribution in [2.24, 2.45) is 11.8 Å². The summed E-state index contributed by atoms with van der Waals surface area (Å²) in [6.07, 6.45) is 8.01. The molecule has 0 bridgehead atoms. The van der Waals surface area contributed by atoms with Crippen LogP contribution in [0.1, 0.15) is 85.7 Å². The fraction of sp³-hybridized carbons (Fsp3) is 0.654. The van der Waals surface area contributed by atoms with Gasteiger partial charge in [0.15, 0.2) is 0 Å². The average Bonchev–Trinajstić information content (AvgIpc) is 3.13. The smallest absolute Gasteiger partial charge is 0.255 e. The first-order valence-corrected chi connectivity index (χ1v) is 12.6. The molecular formula is C26H35N3O4. The molecule has 3 fully saturated rings. The summed E-state index contributed by atoms with van der Waals surface area (Å²) in [7, 11) is 0. The lowest BCUT2D eigenvalue weighted by Crippen LogP contribution is -2.52. The van der Waals surface area contributed by atoms with E-state index in [4.69, 9.17) is 0 Å². The van der Waals surface area contributed by atoms with Gasteiger partial charge in [0.25, 0.3) is 5.91 Å². The minimum Gasteiger partial charge on any atom is -0.507 e. The molecule has 2 saturated heterocycles. The van der Waals surface area contributed by atoms with Gasteiger partial charge >= 0.3 is 0 Å². The minimum absolute atomic E-state index is 0.218. The van der Waals surface area contributed by atoms with E-state index in [1.54, 1.807) is 0 Å². The highest BCUT2D eigenvalue weighted by atomic mass is 16.3. The largest absolute Gasteiger partial charge is 0.507 e. The van der Waals surface area contributed by atoms with E-state index in [1.807, 2.05) is 12.1 Å². The standard InChI is InChI=1S/C26H35N3O4/c1-16-2-4-17(5-3-16)14-28-12-10-18(11-13-28)19-6-7-20-21(24(19)31)15-29(26(20)33)22-8-9-23(30)27-25(22)32/h6-7,16-18,22,31H,2-5,8-15H2,1H3,(H,27,30,32). The summed E-state index contributed by atoms with van der Waals surface area (Å²) in [5, 5.41) is 13.4. The molecule has 3 heterocycles. The van der Waals surface area contributed by atoms with E-state index in [2.05, 4.69) is 17.1 Å². The van der Waals surface area contributed by atoms with Gasteiger partial charge in [-0.2, -0.15) is 0 Å². The first-order valence-electron chi connectivity index (χ1n) is 12.6. The fourth-order valence-corrected chi connectivity index (χ4v) is 6.28. The Morgan fingerprint density at radius 2 is 1.73 bits per heavy atom. The summed E-state index contributed by atoms with van der Waals surface area (Å²) < 4.78 is 0. The normalized spacial score (nSPS) is 29.3.